The van der Waals surface area contributed by atoms with Crippen LogP contribution >= 0.6 is 0 Å². The molecule has 0 spiro atoms. The van der Waals surface area contributed by atoms with Gasteiger partial charge in [-0.2, -0.15) is 0 Å². The number of nitrogens with one attached hydrogen (secondary N) is 2. The van der Waals surface area contributed by atoms with E-state index in [9.17, 15) is 13.2 Å². The maximum absolute atomic E-state index is 12.7. The topological polar surface area (TPSA) is 87.7 Å². The molecule has 1 heterocycles. The van der Waals surface area contributed by atoms with Gasteiger partial charge in [0.05, 0.1) is 7.11 Å². The second-order valence-electron chi connectivity index (χ2n) is 8.16. The fourth-order valence-electron chi connectivity index (χ4n) is 3.66. The number of rotatable bonds is 9. The molecule has 156 valence electrons. The predicted octanol–water partition coefficient (Wildman–Crippen LogP) is 1.99. The van der Waals surface area contributed by atoms with E-state index in [4.69, 9.17) is 4.74 Å². The summed E-state index contributed by atoms with van der Waals surface area (Å²) in [6.07, 6.45) is 3.90. The standard InChI is InChI=1S/C20H31N3O4S/c1-14(2)13-23-10-4-5-17(23)12-21-20(24)15-6-9-18(27-3)19(11-15)28(25,26)22-16-7-8-16/h6,9,11,14,16-17,22H,4-5,7-8,10,12-13H2,1-3H3,(H,21,24)/t17-/m1/s1. The molecule has 0 bridgehead atoms. The van der Waals surface area contributed by atoms with Crippen LogP contribution in [0.1, 0.15) is 49.9 Å². The Kier molecular flexibility index (Phi) is 6.62. The van der Waals surface area contributed by atoms with Crippen molar-refractivity contribution in [1.29, 1.82) is 0 Å². The van der Waals surface area contributed by atoms with Gasteiger partial charge < -0.3 is 10.1 Å². The molecule has 0 radical (unpaired) electrons. The number of methoxy groups -OCH3 is 1. The summed E-state index contributed by atoms with van der Waals surface area (Å²) < 4.78 is 33.1. The highest BCUT2D eigenvalue weighted by Gasteiger charge is 2.30. The lowest BCUT2D eigenvalue weighted by molar-refractivity contribution is 0.0939. The Morgan fingerprint density at radius 3 is 2.68 bits per heavy atom. The lowest BCUT2D eigenvalue weighted by atomic mass is 10.1. The highest BCUT2D eigenvalue weighted by atomic mass is 32.2. The number of ether oxygens (including phenoxy) is 1. The van der Waals surface area contributed by atoms with Crippen molar-refractivity contribution in [2.24, 2.45) is 5.92 Å². The quantitative estimate of drug-likeness (QED) is 0.651. The lowest BCUT2D eigenvalue weighted by Gasteiger charge is -2.26. The molecule has 28 heavy (non-hydrogen) atoms. The number of likely N-dealkylation sites (tertiary alicyclic amines) is 1. The van der Waals surface area contributed by atoms with Crippen molar-refractivity contribution in [3.05, 3.63) is 23.8 Å². The smallest absolute Gasteiger partial charge is 0.251 e. The molecule has 8 heteroatoms. The summed E-state index contributed by atoms with van der Waals surface area (Å²) in [6.45, 7) is 7.06. The van der Waals surface area contributed by atoms with Gasteiger partial charge in [-0.3, -0.25) is 9.69 Å². The zero-order chi connectivity index (χ0) is 20.3. The highest BCUT2D eigenvalue weighted by molar-refractivity contribution is 7.89. The van der Waals surface area contributed by atoms with Crippen LogP contribution in [-0.4, -0.2) is 58.1 Å². The van der Waals surface area contributed by atoms with E-state index < -0.39 is 10.0 Å². The third kappa shape index (κ3) is 5.24. The minimum absolute atomic E-state index is 0.0110. The van der Waals surface area contributed by atoms with Crippen LogP contribution in [0.5, 0.6) is 5.75 Å². The summed E-state index contributed by atoms with van der Waals surface area (Å²) in [5.41, 5.74) is 0.324. The Labute approximate surface area is 167 Å². The first-order valence-corrected chi connectivity index (χ1v) is 11.5. The maximum atomic E-state index is 12.7. The van der Waals surface area contributed by atoms with Gasteiger partial charge in [0.1, 0.15) is 10.6 Å². The molecule has 7 nitrogen and oxygen atoms in total. The molecule has 1 aromatic rings. The number of amides is 1. The van der Waals surface area contributed by atoms with Crippen LogP contribution in [0.15, 0.2) is 23.1 Å². The van der Waals surface area contributed by atoms with Crippen LogP contribution in [0.25, 0.3) is 0 Å². The van der Waals surface area contributed by atoms with Crippen LogP contribution < -0.4 is 14.8 Å². The van der Waals surface area contributed by atoms with E-state index in [1.54, 1.807) is 6.07 Å². The van der Waals surface area contributed by atoms with Crippen molar-refractivity contribution in [3.63, 3.8) is 0 Å². The van der Waals surface area contributed by atoms with E-state index in [0.717, 1.165) is 38.8 Å². The van der Waals surface area contributed by atoms with Crippen LogP contribution in [0, 0.1) is 5.92 Å². The highest BCUT2D eigenvalue weighted by Crippen LogP contribution is 2.28. The fraction of sp³-hybridized carbons (Fsp3) is 0.650. The van der Waals surface area contributed by atoms with E-state index in [1.165, 1.54) is 19.2 Å². The van der Waals surface area contributed by atoms with E-state index in [0.29, 0.717) is 24.1 Å². The van der Waals surface area contributed by atoms with Gasteiger partial charge >= 0.3 is 0 Å². The number of sulfonamides is 1. The van der Waals surface area contributed by atoms with Crippen molar-refractivity contribution < 1.29 is 17.9 Å². The van der Waals surface area contributed by atoms with Gasteiger partial charge in [-0.05, 0) is 56.3 Å². The normalized spacial score (nSPS) is 20.5. The Morgan fingerprint density at radius 2 is 2.04 bits per heavy atom. The average molecular weight is 410 g/mol. The largest absolute Gasteiger partial charge is 0.495 e. The number of carbonyl (C=O) groups is 1. The van der Waals surface area contributed by atoms with Crippen molar-refractivity contribution in [2.45, 2.75) is 56.5 Å². The van der Waals surface area contributed by atoms with Gasteiger partial charge in [0.25, 0.3) is 5.91 Å². The molecular formula is C20H31N3O4S. The molecule has 1 saturated heterocycles. The lowest BCUT2D eigenvalue weighted by Crippen LogP contribution is -2.41. The third-order valence-electron chi connectivity index (χ3n) is 5.21. The average Bonchev–Trinajstić information content (AvgIpc) is 3.35. The monoisotopic (exact) mass is 409 g/mol. The van der Waals surface area contributed by atoms with Crippen molar-refractivity contribution >= 4 is 15.9 Å². The van der Waals surface area contributed by atoms with Gasteiger partial charge in [0.15, 0.2) is 0 Å². The summed E-state index contributed by atoms with van der Waals surface area (Å²) in [6, 6.07) is 4.87. The Balaban J connectivity index is 1.69. The second-order valence-corrected chi connectivity index (χ2v) is 9.84. The third-order valence-corrected chi connectivity index (χ3v) is 6.75. The minimum Gasteiger partial charge on any atom is -0.495 e. The first-order valence-electron chi connectivity index (χ1n) is 10.0. The minimum atomic E-state index is -3.71. The van der Waals surface area contributed by atoms with Crippen LogP contribution in [0.4, 0.5) is 0 Å². The van der Waals surface area contributed by atoms with E-state index in [1.807, 2.05) is 0 Å². The molecule has 1 amide bonds. The van der Waals surface area contributed by atoms with E-state index >= 15 is 0 Å². The molecule has 0 aromatic heterocycles. The second kappa shape index (κ2) is 8.80. The molecule has 1 atom stereocenters. The molecule has 1 aliphatic carbocycles. The van der Waals surface area contributed by atoms with E-state index in [-0.39, 0.29) is 22.6 Å². The molecule has 0 unspecified atom stereocenters. The zero-order valence-corrected chi connectivity index (χ0v) is 17.7. The Bertz CT molecular complexity index is 806. The van der Waals surface area contributed by atoms with Crippen LogP contribution in [0.2, 0.25) is 0 Å². The number of nitrogens with zero attached hydrogens (tertiary/aromatic N) is 1. The fourth-order valence-corrected chi connectivity index (χ4v) is 5.16. The van der Waals surface area contributed by atoms with Crippen molar-refractivity contribution in [3.8, 4) is 5.75 Å². The molecule has 1 saturated carbocycles. The first-order chi connectivity index (χ1) is 13.3. The predicted molar refractivity (Wildman–Crippen MR) is 108 cm³/mol. The SMILES string of the molecule is COc1ccc(C(=O)NC[C@H]2CCCN2CC(C)C)cc1S(=O)(=O)NC1CC1. The van der Waals surface area contributed by atoms with E-state index in [2.05, 4.69) is 28.8 Å². The zero-order valence-electron chi connectivity index (χ0n) is 16.9. The molecule has 2 N–H and O–H groups in total. The summed E-state index contributed by atoms with van der Waals surface area (Å²) in [5.74, 6) is 0.565. The van der Waals surface area contributed by atoms with Crippen molar-refractivity contribution in [1.82, 2.24) is 14.9 Å². The molecule has 3 rings (SSSR count). The molecular weight excluding hydrogens is 378 g/mol. The van der Waals surface area contributed by atoms with Gasteiger partial charge in [-0.1, -0.05) is 13.8 Å². The van der Waals surface area contributed by atoms with Crippen LogP contribution in [0.3, 0.4) is 0 Å². The number of benzene rings is 1. The summed E-state index contributed by atoms with van der Waals surface area (Å²) in [4.78, 5) is 15.1. The number of hydrogen-bond acceptors (Lipinski definition) is 5. The molecule has 1 aromatic carbocycles. The van der Waals surface area contributed by atoms with Crippen LogP contribution in [-0.2, 0) is 10.0 Å². The molecule has 2 aliphatic rings. The van der Waals surface area contributed by atoms with Gasteiger partial charge in [-0.25, -0.2) is 13.1 Å². The summed E-state index contributed by atoms with van der Waals surface area (Å²) >= 11 is 0. The summed E-state index contributed by atoms with van der Waals surface area (Å²) in [5, 5.41) is 2.98. The number of hydrogen-bond donors (Lipinski definition) is 2. The van der Waals surface area contributed by atoms with Gasteiger partial charge in [0.2, 0.25) is 10.0 Å². The van der Waals surface area contributed by atoms with Gasteiger partial charge in [-0.15, -0.1) is 0 Å². The maximum Gasteiger partial charge on any atom is 0.251 e. The molecule has 1 aliphatic heterocycles. The first kappa shape index (κ1) is 21.1. The van der Waals surface area contributed by atoms with Crippen molar-refractivity contribution in [2.75, 3.05) is 26.7 Å². The Hall–Kier alpha value is -1.64. The summed E-state index contributed by atoms with van der Waals surface area (Å²) in [7, 11) is -2.29. The number of carbonyl (C=O) groups excluding carboxylic acids is 1. The Morgan fingerprint density at radius 1 is 1.29 bits per heavy atom. The van der Waals surface area contributed by atoms with Gasteiger partial charge in [0, 0.05) is 30.7 Å². The molecule has 2 fully saturated rings.